The minimum absolute atomic E-state index is 0.0988. The molecule has 0 rings (SSSR count). The molecule has 0 aromatic rings. The van der Waals surface area contributed by atoms with Crippen molar-refractivity contribution in [2.75, 3.05) is 39.6 Å². The fourth-order valence-electron chi connectivity index (χ4n) is 8.88. The first kappa shape index (κ1) is 77.1. The average molecular weight is 1170 g/mol. The van der Waals surface area contributed by atoms with Crippen molar-refractivity contribution in [1.29, 1.82) is 0 Å². The third-order valence-corrected chi connectivity index (χ3v) is 15.7. The number of phosphoric acid groups is 2. The van der Waals surface area contributed by atoms with Crippen LogP contribution in [-0.2, 0) is 65.4 Å². The van der Waals surface area contributed by atoms with E-state index in [9.17, 15) is 43.2 Å². The van der Waals surface area contributed by atoms with Gasteiger partial charge in [0.25, 0.3) is 0 Å². The van der Waals surface area contributed by atoms with E-state index < -0.39 is 97.5 Å². The Morgan fingerprint density at radius 3 is 0.861 bits per heavy atom. The Morgan fingerprint density at radius 1 is 0.342 bits per heavy atom. The maximum atomic E-state index is 12.9. The van der Waals surface area contributed by atoms with Crippen LogP contribution in [-0.4, -0.2) is 96.7 Å². The lowest BCUT2D eigenvalue weighted by molar-refractivity contribution is -0.161. The van der Waals surface area contributed by atoms with Crippen molar-refractivity contribution in [2.24, 2.45) is 5.92 Å². The summed E-state index contributed by atoms with van der Waals surface area (Å²) in [5.74, 6) is -1.42. The number of aliphatic hydroxyl groups excluding tert-OH is 1. The molecule has 3 N–H and O–H groups in total. The van der Waals surface area contributed by atoms with Crippen LogP contribution in [0, 0.1) is 5.92 Å². The molecule has 17 nitrogen and oxygen atoms in total. The van der Waals surface area contributed by atoms with Crippen molar-refractivity contribution in [1.82, 2.24) is 0 Å². The largest absolute Gasteiger partial charge is 0.472 e. The fraction of sp³-hybridized carbons (Fsp3) is 0.933. The highest BCUT2D eigenvalue weighted by molar-refractivity contribution is 7.47. The molecule has 5 atom stereocenters. The quantitative estimate of drug-likeness (QED) is 0.0222. The number of hydrogen-bond donors (Lipinski definition) is 3. The summed E-state index contributed by atoms with van der Waals surface area (Å²) in [5.41, 5.74) is 0. The predicted octanol–water partition coefficient (Wildman–Crippen LogP) is 16.2. The highest BCUT2D eigenvalue weighted by Crippen LogP contribution is 2.45. The number of rotatable bonds is 60. The summed E-state index contributed by atoms with van der Waals surface area (Å²) in [6.07, 6.45) is 37.0. The topological polar surface area (TPSA) is 237 Å². The molecule has 0 amide bonds. The number of phosphoric ester groups is 2. The van der Waals surface area contributed by atoms with Gasteiger partial charge >= 0.3 is 39.5 Å². The number of carbonyl (C=O) groups excluding carboxylic acids is 4. The average Bonchev–Trinajstić information content (AvgIpc) is 3.41. The molecular formula is C60H116O17P2. The van der Waals surface area contributed by atoms with E-state index >= 15 is 0 Å². The third kappa shape index (κ3) is 55.0. The molecule has 0 aliphatic heterocycles. The summed E-state index contributed by atoms with van der Waals surface area (Å²) >= 11 is 0. The first-order valence-corrected chi connectivity index (χ1v) is 34.6. The molecule has 19 heteroatoms. The Kier molecular flexibility index (Phi) is 52.7. The number of unbranched alkanes of at least 4 members (excludes halogenated alkanes) is 32. The standard InChI is InChI=1S/C60H116O17P2/c1-6-9-12-15-16-17-18-19-20-21-22-23-24-27-31-36-41-46-60(65)77-56(50-71-58(63)44-39-35-30-28-25-26-29-34-37-42-53(4)5)52-75-79(68,69)73-48-54(61)47-72-78(66,67)74-51-55(76-59(64)45-40-33-14-11-8-3)49-70-57(62)43-38-32-13-10-7-2/h53-56,61H,6-52H2,1-5H3,(H,66,67)(H,68,69)/t54-,55+,56+/m0/s1. The molecule has 0 saturated carbocycles. The molecule has 0 radical (unpaired) electrons. The second kappa shape index (κ2) is 54.0. The minimum Gasteiger partial charge on any atom is -0.462 e. The molecule has 2 unspecified atom stereocenters. The van der Waals surface area contributed by atoms with Gasteiger partial charge in [-0.3, -0.25) is 37.3 Å². The van der Waals surface area contributed by atoms with Crippen molar-refractivity contribution in [2.45, 2.75) is 316 Å². The number of aliphatic hydroxyl groups is 1. The van der Waals surface area contributed by atoms with Crippen LogP contribution in [0.25, 0.3) is 0 Å². The Labute approximate surface area is 479 Å². The zero-order valence-electron chi connectivity index (χ0n) is 50.5. The number of hydrogen-bond acceptors (Lipinski definition) is 15. The van der Waals surface area contributed by atoms with Gasteiger partial charge in [0.05, 0.1) is 26.4 Å². The van der Waals surface area contributed by atoms with Crippen molar-refractivity contribution in [3.8, 4) is 0 Å². The second-order valence-electron chi connectivity index (χ2n) is 22.2. The molecule has 0 saturated heterocycles. The molecule has 0 heterocycles. The molecule has 79 heavy (non-hydrogen) atoms. The summed E-state index contributed by atoms with van der Waals surface area (Å²) in [4.78, 5) is 71.5. The van der Waals surface area contributed by atoms with E-state index in [1.54, 1.807) is 0 Å². The van der Waals surface area contributed by atoms with Gasteiger partial charge in [-0.1, -0.05) is 247 Å². The van der Waals surface area contributed by atoms with Crippen LogP contribution >= 0.6 is 15.6 Å². The number of esters is 4. The zero-order valence-corrected chi connectivity index (χ0v) is 52.3. The summed E-state index contributed by atoms with van der Waals surface area (Å²) in [7, 11) is -9.86. The maximum absolute atomic E-state index is 12.9. The minimum atomic E-state index is -4.94. The number of ether oxygens (including phenoxy) is 4. The lowest BCUT2D eigenvalue weighted by Gasteiger charge is -2.21. The van der Waals surface area contributed by atoms with E-state index in [0.29, 0.717) is 25.7 Å². The summed E-state index contributed by atoms with van der Waals surface area (Å²) < 4.78 is 67.4. The van der Waals surface area contributed by atoms with Gasteiger partial charge in [0.1, 0.15) is 19.3 Å². The molecule has 0 fully saturated rings. The predicted molar refractivity (Wildman–Crippen MR) is 312 cm³/mol. The smallest absolute Gasteiger partial charge is 0.462 e. The Hall–Kier alpha value is -1.94. The van der Waals surface area contributed by atoms with E-state index in [1.165, 1.54) is 116 Å². The number of carbonyl (C=O) groups is 4. The second-order valence-corrected chi connectivity index (χ2v) is 25.1. The van der Waals surface area contributed by atoms with E-state index in [4.69, 9.17) is 37.0 Å². The molecule has 468 valence electrons. The Balaban J connectivity index is 5.10. The lowest BCUT2D eigenvalue weighted by Crippen LogP contribution is -2.30. The van der Waals surface area contributed by atoms with Gasteiger partial charge < -0.3 is 33.8 Å². The lowest BCUT2D eigenvalue weighted by atomic mass is 10.0. The summed E-state index contributed by atoms with van der Waals surface area (Å²) in [5, 5.41) is 10.5. The third-order valence-electron chi connectivity index (χ3n) is 13.8. The molecule has 0 aliphatic rings. The SMILES string of the molecule is CCCCCCCCCCCCCCCCCCCC(=O)O[C@H](COC(=O)CCCCCCCCCCCC(C)C)COP(=O)(O)OC[C@@H](O)COP(=O)(O)OC[C@@H](COC(=O)CCCCCCC)OC(=O)CCCCCCC. The first-order chi connectivity index (χ1) is 38.0. The fourth-order valence-corrected chi connectivity index (χ4v) is 10.5. The van der Waals surface area contributed by atoms with Crippen LogP contribution in [0.15, 0.2) is 0 Å². The van der Waals surface area contributed by atoms with Crippen LogP contribution in [0.2, 0.25) is 0 Å². The summed E-state index contributed by atoms with van der Waals surface area (Å²) in [6.45, 7) is 6.96. The molecule has 0 spiro atoms. The van der Waals surface area contributed by atoms with Crippen molar-refractivity contribution in [3.63, 3.8) is 0 Å². The van der Waals surface area contributed by atoms with Crippen molar-refractivity contribution < 1.29 is 80.2 Å². The summed E-state index contributed by atoms with van der Waals surface area (Å²) in [6, 6.07) is 0. The van der Waals surface area contributed by atoms with Crippen LogP contribution in [0.4, 0.5) is 0 Å². The van der Waals surface area contributed by atoms with E-state index in [1.807, 2.05) is 0 Å². The zero-order chi connectivity index (χ0) is 58.5. The van der Waals surface area contributed by atoms with Gasteiger partial charge in [-0.15, -0.1) is 0 Å². The maximum Gasteiger partial charge on any atom is 0.472 e. The molecular weight excluding hydrogens is 1050 g/mol. The first-order valence-electron chi connectivity index (χ1n) is 31.6. The van der Waals surface area contributed by atoms with Crippen molar-refractivity contribution in [3.05, 3.63) is 0 Å². The Morgan fingerprint density at radius 2 is 0.582 bits per heavy atom. The highest BCUT2D eigenvalue weighted by Gasteiger charge is 2.30. The molecule has 0 bridgehead atoms. The van der Waals surface area contributed by atoms with E-state index in [2.05, 4.69) is 34.6 Å². The van der Waals surface area contributed by atoms with Crippen molar-refractivity contribution >= 4 is 39.5 Å². The van der Waals surface area contributed by atoms with Gasteiger partial charge in [0, 0.05) is 25.7 Å². The van der Waals surface area contributed by atoms with Crippen LogP contribution in [0.1, 0.15) is 298 Å². The van der Waals surface area contributed by atoms with Gasteiger partial charge in [0.2, 0.25) is 0 Å². The normalized spacial score (nSPS) is 14.3. The van der Waals surface area contributed by atoms with Gasteiger partial charge in [0.15, 0.2) is 12.2 Å². The van der Waals surface area contributed by atoms with Crippen LogP contribution in [0.5, 0.6) is 0 Å². The van der Waals surface area contributed by atoms with Gasteiger partial charge in [-0.25, -0.2) is 9.13 Å². The molecule has 0 aliphatic carbocycles. The van der Waals surface area contributed by atoms with Crippen LogP contribution < -0.4 is 0 Å². The van der Waals surface area contributed by atoms with Crippen LogP contribution in [0.3, 0.4) is 0 Å². The van der Waals surface area contributed by atoms with Gasteiger partial charge in [-0.2, -0.15) is 0 Å². The highest BCUT2D eigenvalue weighted by atomic mass is 31.2. The monoisotopic (exact) mass is 1170 g/mol. The molecule has 0 aromatic carbocycles. The van der Waals surface area contributed by atoms with E-state index in [0.717, 1.165) is 102 Å². The van der Waals surface area contributed by atoms with E-state index in [-0.39, 0.29) is 25.7 Å². The Bertz CT molecular complexity index is 1550. The van der Waals surface area contributed by atoms with Gasteiger partial charge in [-0.05, 0) is 31.6 Å². The molecule has 0 aromatic heterocycles.